The summed E-state index contributed by atoms with van der Waals surface area (Å²) in [5.41, 5.74) is 3.59. The molecule has 0 atom stereocenters. The lowest BCUT2D eigenvalue weighted by Gasteiger charge is -2.11. The van der Waals surface area contributed by atoms with Gasteiger partial charge in [0.15, 0.2) is 13.1 Å². The Labute approximate surface area is 112 Å². The third-order valence-corrected chi connectivity index (χ3v) is 2.88. The van der Waals surface area contributed by atoms with Crippen LogP contribution in [0.3, 0.4) is 0 Å². The van der Waals surface area contributed by atoms with Gasteiger partial charge >= 0.3 is 0 Å². The van der Waals surface area contributed by atoms with Crippen molar-refractivity contribution in [1.29, 1.82) is 0 Å². The molecule has 2 rings (SSSR count). The first-order chi connectivity index (χ1) is 9.26. The minimum absolute atomic E-state index is 0.123. The minimum atomic E-state index is 0.123. The molecule has 0 unspecified atom stereocenters. The molecule has 0 amide bonds. The Morgan fingerprint density at radius 3 is 2.47 bits per heavy atom. The van der Waals surface area contributed by atoms with E-state index in [9.17, 15) is 4.79 Å². The molecule has 0 aliphatic carbocycles. The predicted octanol–water partition coefficient (Wildman–Crippen LogP) is 3.46. The van der Waals surface area contributed by atoms with Gasteiger partial charge in [-0.2, -0.15) is 0 Å². The molecule has 0 aromatic heterocycles. The molecule has 0 aliphatic heterocycles. The van der Waals surface area contributed by atoms with Crippen molar-refractivity contribution in [2.45, 2.75) is 6.92 Å². The van der Waals surface area contributed by atoms with Crippen LogP contribution in [0.4, 0.5) is 0 Å². The van der Waals surface area contributed by atoms with E-state index in [0.717, 1.165) is 17.4 Å². The number of ether oxygens (including phenoxy) is 2. The summed E-state index contributed by atoms with van der Waals surface area (Å²) < 4.78 is 10.3. The zero-order chi connectivity index (χ0) is 13.7. The number of carbonyl (C=O) groups excluding carboxylic acids is 1. The van der Waals surface area contributed by atoms with Crippen LogP contribution in [0.2, 0.25) is 0 Å². The second-order valence-electron chi connectivity index (χ2n) is 4.25. The van der Waals surface area contributed by atoms with Crippen molar-refractivity contribution in [2.24, 2.45) is 0 Å². The first kappa shape index (κ1) is 13.3. The number of benzene rings is 2. The summed E-state index contributed by atoms with van der Waals surface area (Å²) in [7, 11) is 1.55. The second kappa shape index (κ2) is 6.16. The van der Waals surface area contributed by atoms with Gasteiger partial charge in [-0.05, 0) is 24.1 Å². The van der Waals surface area contributed by atoms with Crippen LogP contribution in [-0.4, -0.2) is 20.2 Å². The molecule has 0 saturated carbocycles. The van der Waals surface area contributed by atoms with Crippen LogP contribution >= 0.6 is 0 Å². The van der Waals surface area contributed by atoms with E-state index in [1.54, 1.807) is 13.2 Å². The number of hydrogen-bond acceptors (Lipinski definition) is 3. The van der Waals surface area contributed by atoms with Crippen molar-refractivity contribution in [2.75, 3.05) is 13.9 Å². The highest BCUT2D eigenvalue weighted by molar-refractivity contribution is 5.91. The summed E-state index contributed by atoms with van der Waals surface area (Å²) in [6.07, 6.45) is 0.820. The fourth-order valence-corrected chi connectivity index (χ4v) is 1.90. The van der Waals surface area contributed by atoms with E-state index in [1.165, 1.54) is 5.56 Å². The van der Waals surface area contributed by atoms with Gasteiger partial charge in [-0.25, -0.2) is 0 Å². The summed E-state index contributed by atoms with van der Waals surface area (Å²) in [5, 5.41) is 0. The van der Waals surface area contributed by atoms with Gasteiger partial charge in [-0.3, -0.25) is 4.79 Å². The maximum Gasteiger partial charge on any atom is 0.188 e. The van der Waals surface area contributed by atoms with E-state index in [4.69, 9.17) is 9.47 Å². The Hall–Kier alpha value is -2.13. The molecule has 3 nitrogen and oxygen atoms in total. The van der Waals surface area contributed by atoms with Crippen molar-refractivity contribution in [3.8, 4) is 16.9 Å². The topological polar surface area (TPSA) is 35.5 Å². The number of rotatable bonds is 5. The highest BCUT2D eigenvalue weighted by atomic mass is 16.7. The lowest BCUT2D eigenvalue weighted by Crippen LogP contribution is -2.02. The Bertz CT molecular complexity index is 559. The molecule has 0 fully saturated rings. The van der Waals surface area contributed by atoms with Crippen molar-refractivity contribution >= 4 is 6.29 Å². The third kappa shape index (κ3) is 3.01. The Balaban J connectivity index is 2.45. The van der Waals surface area contributed by atoms with Crippen molar-refractivity contribution in [3.63, 3.8) is 0 Å². The predicted molar refractivity (Wildman–Crippen MR) is 74.5 cm³/mol. The monoisotopic (exact) mass is 256 g/mol. The summed E-state index contributed by atoms with van der Waals surface area (Å²) in [5.74, 6) is 0.537. The van der Waals surface area contributed by atoms with Gasteiger partial charge in [0.2, 0.25) is 0 Å². The smallest absolute Gasteiger partial charge is 0.188 e. The highest BCUT2D eigenvalue weighted by Gasteiger charge is 2.10. The first-order valence-corrected chi connectivity index (χ1v) is 6.03. The van der Waals surface area contributed by atoms with E-state index < -0.39 is 0 Å². The molecule has 98 valence electrons. The van der Waals surface area contributed by atoms with Crippen LogP contribution in [0.25, 0.3) is 11.1 Å². The summed E-state index contributed by atoms with van der Waals surface area (Å²) in [6, 6.07) is 13.6. The SMILES string of the molecule is COCOc1cccc(-c2ccc(C)cc2)c1C=O. The first-order valence-electron chi connectivity index (χ1n) is 6.03. The standard InChI is InChI=1S/C16H16O3/c1-12-6-8-13(9-7-12)14-4-3-5-16(15(14)10-17)19-11-18-2/h3-10H,11H2,1-2H3. The van der Waals surface area contributed by atoms with Gasteiger partial charge in [0.25, 0.3) is 0 Å². The molecule has 0 bridgehead atoms. The number of hydrogen-bond donors (Lipinski definition) is 0. The Kier molecular flexibility index (Phi) is 4.31. The van der Waals surface area contributed by atoms with Crippen LogP contribution in [0.1, 0.15) is 15.9 Å². The van der Waals surface area contributed by atoms with E-state index in [1.807, 2.05) is 43.3 Å². The van der Waals surface area contributed by atoms with Crippen LogP contribution < -0.4 is 4.74 Å². The maximum atomic E-state index is 11.3. The van der Waals surface area contributed by atoms with E-state index in [0.29, 0.717) is 11.3 Å². The van der Waals surface area contributed by atoms with Gasteiger partial charge in [0.1, 0.15) is 5.75 Å². The average molecular weight is 256 g/mol. The molecule has 2 aromatic rings. The fourth-order valence-electron chi connectivity index (χ4n) is 1.90. The zero-order valence-corrected chi connectivity index (χ0v) is 11.1. The van der Waals surface area contributed by atoms with Gasteiger partial charge in [0.05, 0.1) is 5.56 Å². The minimum Gasteiger partial charge on any atom is -0.467 e. The van der Waals surface area contributed by atoms with E-state index >= 15 is 0 Å². The van der Waals surface area contributed by atoms with E-state index in [-0.39, 0.29) is 6.79 Å². The van der Waals surface area contributed by atoms with Crippen molar-refractivity contribution < 1.29 is 14.3 Å². The number of methoxy groups -OCH3 is 1. The summed E-state index contributed by atoms with van der Waals surface area (Å²) in [6.45, 7) is 2.15. The third-order valence-electron chi connectivity index (χ3n) is 2.88. The van der Waals surface area contributed by atoms with Crippen LogP contribution in [0, 0.1) is 6.92 Å². The lowest BCUT2D eigenvalue weighted by molar-refractivity contribution is 0.0506. The Morgan fingerprint density at radius 1 is 1.11 bits per heavy atom. The highest BCUT2D eigenvalue weighted by Crippen LogP contribution is 2.29. The van der Waals surface area contributed by atoms with Crippen molar-refractivity contribution in [1.82, 2.24) is 0 Å². The molecular weight excluding hydrogens is 240 g/mol. The summed E-state index contributed by atoms with van der Waals surface area (Å²) >= 11 is 0. The molecule has 19 heavy (non-hydrogen) atoms. The van der Waals surface area contributed by atoms with Crippen LogP contribution in [0.15, 0.2) is 42.5 Å². The molecular formula is C16H16O3. The molecule has 0 spiro atoms. The van der Waals surface area contributed by atoms with Gasteiger partial charge in [-0.1, -0.05) is 42.0 Å². The quantitative estimate of drug-likeness (QED) is 0.607. The average Bonchev–Trinajstić information content (AvgIpc) is 2.45. The molecule has 0 saturated heterocycles. The largest absolute Gasteiger partial charge is 0.467 e. The van der Waals surface area contributed by atoms with Crippen molar-refractivity contribution in [3.05, 3.63) is 53.6 Å². The Morgan fingerprint density at radius 2 is 1.84 bits per heavy atom. The number of carbonyl (C=O) groups is 1. The van der Waals surface area contributed by atoms with Crippen LogP contribution in [-0.2, 0) is 4.74 Å². The van der Waals surface area contributed by atoms with Gasteiger partial charge in [-0.15, -0.1) is 0 Å². The molecule has 0 radical (unpaired) electrons. The summed E-state index contributed by atoms with van der Waals surface area (Å²) in [4.78, 5) is 11.3. The number of aldehydes is 1. The van der Waals surface area contributed by atoms with Gasteiger partial charge < -0.3 is 9.47 Å². The van der Waals surface area contributed by atoms with E-state index in [2.05, 4.69) is 0 Å². The van der Waals surface area contributed by atoms with Gasteiger partial charge in [0, 0.05) is 7.11 Å². The second-order valence-corrected chi connectivity index (χ2v) is 4.25. The normalized spacial score (nSPS) is 10.2. The molecule has 3 heteroatoms. The fraction of sp³-hybridized carbons (Fsp3) is 0.188. The molecule has 2 aromatic carbocycles. The maximum absolute atomic E-state index is 11.3. The lowest BCUT2D eigenvalue weighted by atomic mass is 9.99. The number of aryl methyl sites for hydroxylation is 1. The van der Waals surface area contributed by atoms with Crippen LogP contribution in [0.5, 0.6) is 5.75 Å². The zero-order valence-electron chi connectivity index (χ0n) is 11.1. The molecule has 0 aliphatic rings. The molecule has 0 heterocycles. The molecule has 0 N–H and O–H groups in total.